The van der Waals surface area contributed by atoms with Gasteiger partial charge >= 0.3 is 5.97 Å². The highest BCUT2D eigenvalue weighted by Gasteiger charge is 2.19. The molecule has 3 rings (SSSR count). The summed E-state index contributed by atoms with van der Waals surface area (Å²) in [6, 6.07) is 10.1. The lowest BCUT2D eigenvalue weighted by Crippen LogP contribution is -2.48. The molecule has 1 saturated heterocycles. The molecule has 1 fully saturated rings. The fourth-order valence-electron chi connectivity index (χ4n) is 3.07. The van der Waals surface area contributed by atoms with Gasteiger partial charge in [-0.1, -0.05) is 0 Å². The molecule has 0 atom stereocenters. The number of esters is 1. The van der Waals surface area contributed by atoms with Gasteiger partial charge < -0.3 is 19.9 Å². The first-order valence-corrected chi connectivity index (χ1v) is 9.53. The Hall–Kier alpha value is -3.42. The minimum atomic E-state index is -0.394. The third kappa shape index (κ3) is 5.10. The summed E-state index contributed by atoms with van der Waals surface area (Å²) in [5.41, 5.74) is 1.44. The highest BCUT2D eigenvalue weighted by atomic mass is 16.5. The molecule has 8 heteroatoms. The molecule has 2 aromatic rings. The lowest BCUT2D eigenvalue weighted by atomic mass is 10.2. The van der Waals surface area contributed by atoms with Crippen LogP contribution in [-0.2, 0) is 9.53 Å². The number of pyridine rings is 1. The number of carbonyl (C=O) groups excluding carboxylic acids is 3. The number of anilines is 2. The standard InChI is InChI=1S/C21H24N4O4/c1-3-29-21(28)16-4-7-18(8-5-16)23-20(27)17-6-9-19(22-14-17)25-12-10-24(11-13-25)15(2)26/h4-9,14H,3,10-13H2,1-2H3,(H,23,27). The summed E-state index contributed by atoms with van der Waals surface area (Å²) in [6.45, 7) is 6.40. The van der Waals surface area contributed by atoms with Crippen LogP contribution in [0.15, 0.2) is 42.6 Å². The van der Waals surface area contributed by atoms with Gasteiger partial charge in [0.15, 0.2) is 0 Å². The molecule has 1 aromatic carbocycles. The van der Waals surface area contributed by atoms with Crippen molar-refractivity contribution in [2.24, 2.45) is 0 Å². The van der Waals surface area contributed by atoms with Crippen molar-refractivity contribution in [2.45, 2.75) is 13.8 Å². The molecule has 1 N–H and O–H groups in total. The van der Waals surface area contributed by atoms with Crippen molar-refractivity contribution in [1.29, 1.82) is 0 Å². The molecule has 0 spiro atoms. The van der Waals surface area contributed by atoms with E-state index in [0.717, 1.165) is 5.82 Å². The van der Waals surface area contributed by atoms with Crippen LogP contribution < -0.4 is 10.2 Å². The van der Waals surface area contributed by atoms with Crippen molar-refractivity contribution >= 4 is 29.3 Å². The van der Waals surface area contributed by atoms with Gasteiger partial charge in [0.25, 0.3) is 5.91 Å². The fraction of sp³-hybridized carbons (Fsp3) is 0.333. The third-order valence-corrected chi connectivity index (χ3v) is 4.71. The summed E-state index contributed by atoms with van der Waals surface area (Å²) in [5.74, 6) is 0.187. The normalized spacial score (nSPS) is 13.7. The first-order valence-electron chi connectivity index (χ1n) is 9.53. The van der Waals surface area contributed by atoms with Crippen LogP contribution >= 0.6 is 0 Å². The van der Waals surface area contributed by atoms with Crippen molar-refractivity contribution in [3.63, 3.8) is 0 Å². The minimum Gasteiger partial charge on any atom is -0.462 e. The number of rotatable bonds is 5. The van der Waals surface area contributed by atoms with E-state index in [1.165, 1.54) is 6.20 Å². The van der Waals surface area contributed by atoms with Crippen LogP contribution in [0, 0.1) is 0 Å². The van der Waals surface area contributed by atoms with E-state index in [1.807, 2.05) is 11.0 Å². The summed E-state index contributed by atoms with van der Waals surface area (Å²) in [4.78, 5) is 43.8. The second-order valence-corrected chi connectivity index (χ2v) is 6.65. The second kappa shape index (κ2) is 9.18. The van der Waals surface area contributed by atoms with Gasteiger partial charge in [0.05, 0.1) is 17.7 Å². The van der Waals surface area contributed by atoms with Gasteiger partial charge in [-0.05, 0) is 43.3 Å². The van der Waals surface area contributed by atoms with Gasteiger partial charge in [-0.3, -0.25) is 9.59 Å². The van der Waals surface area contributed by atoms with E-state index in [1.54, 1.807) is 44.2 Å². The number of amides is 2. The number of hydrogen-bond donors (Lipinski definition) is 1. The number of carbonyl (C=O) groups is 3. The zero-order chi connectivity index (χ0) is 20.8. The number of nitrogens with one attached hydrogen (secondary N) is 1. The topological polar surface area (TPSA) is 91.8 Å². The lowest BCUT2D eigenvalue weighted by Gasteiger charge is -2.34. The zero-order valence-electron chi connectivity index (χ0n) is 16.6. The van der Waals surface area contributed by atoms with E-state index < -0.39 is 5.97 Å². The van der Waals surface area contributed by atoms with Gasteiger partial charge in [-0.25, -0.2) is 9.78 Å². The van der Waals surface area contributed by atoms with Crippen LogP contribution in [0.1, 0.15) is 34.6 Å². The van der Waals surface area contributed by atoms with Gasteiger partial charge in [0, 0.05) is 45.0 Å². The molecule has 0 saturated carbocycles. The molecular weight excluding hydrogens is 372 g/mol. The maximum absolute atomic E-state index is 12.4. The number of piperazine rings is 1. The van der Waals surface area contributed by atoms with Crippen molar-refractivity contribution in [3.05, 3.63) is 53.7 Å². The molecule has 29 heavy (non-hydrogen) atoms. The number of aromatic nitrogens is 1. The fourth-order valence-corrected chi connectivity index (χ4v) is 3.07. The molecule has 1 aliphatic rings. The Morgan fingerprint density at radius 2 is 1.66 bits per heavy atom. The van der Waals surface area contributed by atoms with Gasteiger partial charge in [0.2, 0.25) is 5.91 Å². The predicted molar refractivity (Wildman–Crippen MR) is 109 cm³/mol. The van der Waals surface area contributed by atoms with Crippen molar-refractivity contribution in [2.75, 3.05) is 43.0 Å². The molecule has 2 heterocycles. The Morgan fingerprint density at radius 3 is 2.21 bits per heavy atom. The van der Waals surface area contributed by atoms with E-state index in [4.69, 9.17) is 4.74 Å². The quantitative estimate of drug-likeness (QED) is 0.779. The number of benzene rings is 1. The molecule has 152 valence electrons. The highest BCUT2D eigenvalue weighted by Crippen LogP contribution is 2.16. The Bertz CT molecular complexity index is 873. The predicted octanol–water partition coefficient (Wildman–Crippen LogP) is 2.18. The van der Waals surface area contributed by atoms with E-state index >= 15 is 0 Å². The van der Waals surface area contributed by atoms with E-state index in [0.29, 0.717) is 49.6 Å². The van der Waals surface area contributed by atoms with Gasteiger partial charge in [-0.2, -0.15) is 0 Å². The van der Waals surface area contributed by atoms with Crippen molar-refractivity contribution in [1.82, 2.24) is 9.88 Å². The van der Waals surface area contributed by atoms with Gasteiger partial charge in [-0.15, -0.1) is 0 Å². The molecule has 2 amide bonds. The number of ether oxygens (including phenoxy) is 1. The molecule has 1 aliphatic heterocycles. The minimum absolute atomic E-state index is 0.0833. The largest absolute Gasteiger partial charge is 0.462 e. The first-order chi connectivity index (χ1) is 14.0. The van der Waals surface area contributed by atoms with Crippen LogP contribution in [-0.4, -0.2) is 60.5 Å². The lowest BCUT2D eigenvalue weighted by molar-refractivity contribution is -0.129. The average molecular weight is 396 g/mol. The summed E-state index contributed by atoms with van der Waals surface area (Å²) in [7, 11) is 0. The monoisotopic (exact) mass is 396 g/mol. The second-order valence-electron chi connectivity index (χ2n) is 6.65. The average Bonchev–Trinajstić information content (AvgIpc) is 2.74. The third-order valence-electron chi connectivity index (χ3n) is 4.71. The van der Waals surface area contributed by atoms with Crippen LogP contribution in [0.4, 0.5) is 11.5 Å². The number of hydrogen-bond acceptors (Lipinski definition) is 6. The Labute approximate surface area is 169 Å². The maximum atomic E-state index is 12.4. The summed E-state index contributed by atoms with van der Waals surface area (Å²) >= 11 is 0. The smallest absolute Gasteiger partial charge is 0.338 e. The molecule has 8 nitrogen and oxygen atoms in total. The van der Waals surface area contributed by atoms with E-state index in [-0.39, 0.29) is 11.8 Å². The van der Waals surface area contributed by atoms with Crippen LogP contribution in [0.2, 0.25) is 0 Å². The van der Waals surface area contributed by atoms with Crippen LogP contribution in [0.25, 0.3) is 0 Å². The molecule has 0 unspecified atom stereocenters. The van der Waals surface area contributed by atoms with E-state index in [2.05, 4.69) is 15.2 Å². The molecule has 1 aromatic heterocycles. The summed E-state index contributed by atoms with van der Waals surface area (Å²) in [6.07, 6.45) is 1.54. The van der Waals surface area contributed by atoms with Crippen LogP contribution in [0.5, 0.6) is 0 Å². The Balaban J connectivity index is 1.58. The van der Waals surface area contributed by atoms with Crippen molar-refractivity contribution in [3.8, 4) is 0 Å². The molecular formula is C21H24N4O4. The Morgan fingerprint density at radius 1 is 1.00 bits per heavy atom. The summed E-state index contributed by atoms with van der Waals surface area (Å²) in [5, 5.41) is 2.78. The molecule has 0 aliphatic carbocycles. The SMILES string of the molecule is CCOC(=O)c1ccc(NC(=O)c2ccc(N3CCN(C(C)=O)CC3)nc2)cc1. The molecule has 0 radical (unpaired) electrons. The first kappa shape index (κ1) is 20.3. The summed E-state index contributed by atoms with van der Waals surface area (Å²) < 4.78 is 4.94. The van der Waals surface area contributed by atoms with E-state index in [9.17, 15) is 14.4 Å². The molecule has 0 bridgehead atoms. The number of nitrogens with zero attached hydrogens (tertiary/aromatic N) is 3. The zero-order valence-corrected chi connectivity index (χ0v) is 16.6. The van der Waals surface area contributed by atoms with Crippen LogP contribution in [0.3, 0.4) is 0 Å². The van der Waals surface area contributed by atoms with Crippen molar-refractivity contribution < 1.29 is 19.1 Å². The highest BCUT2D eigenvalue weighted by molar-refractivity contribution is 6.04. The Kier molecular flexibility index (Phi) is 6.43. The maximum Gasteiger partial charge on any atom is 0.338 e. The van der Waals surface area contributed by atoms with Gasteiger partial charge in [0.1, 0.15) is 5.82 Å².